The molecule has 1 N–H and O–H groups in total. The molecule has 0 saturated carbocycles. The summed E-state index contributed by atoms with van der Waals surface area (Å²) in [5.41, 5.74) is 0.686. The lowest BCUT2D eigenvalue weighted by atomic mass is 10.1. The minimum atomic E-state index is -4.41. The predicted molar refractivity (Wildman–Crippen MR) is 90.7 cm³/mol. The fourth-order valence-electron chi connectivity index (χ4n) is 2.40. The SMILES string of the molecule is FC(F)(F)c1cccc(-c2cnnc(NCc3cn4ccsc4n3)n2)c1. The zero-order chi connectivity index (χ0) is 18.1. The molecule has 3 aromatic heterocycles. The molecule has 6 nitrogen and oxygen atoms in total. The number of hydrogen-bond donors (Lipinski definition) is 1. The summed E-state index contributed by atoms with van der Waals surface area (Å²) in [6.45, 7) is 0.377. The number of imidazole rings is 1. The molecule has 4 rings (SSSR count). The summed E-state index contributed by atoms with van der Waals surface area (Å²) in [5.74, 6) is 0.219. The van der Waals surface area contributed by atoms with Gasteiger partial charge in [0.05, 0.1) is 29.7 Å². The Balaban J connectivity index is 1.54. The number of anilines is 1. The molecule has 0 aliphatic rings. The zero-order valence-corrected chi connectivity index (χ0v) is 13.9. The summed E-state index contributed by atoms with van der Waals surface area (Å²) >= 11 is 1.52. The number of benzene rings is 1. The first-order valence-electron chi connectivity index (χ1n) is 7.51. The normalized spacial score (nSPS) is 11.8. The van der Waals surface area contributed by atoms with Gasteiger partial charge in [0.25, 0.3) is 0 Å². The third-order valence-electron chi connectivity index (χ3n) is 3.62. The standard InChI is InChI=1S/C16H11F3N6S/c17-16(18,19)11-3-1-2-10(6-11)13-8-21-24-14(23-13)20-7-12-9-25-4-5-26-15(25)22-12/h1-6,8-9H,7H2,(H,20,23,24). The Morgan fingerprint density at radius 3 is 2.88 bits per heavy atom. The molecule has 26 heavy (non-hydrogen) atoms. The molecule has 0 bridgehead atoms. The number of nitrogens with one attached hydrogen (secondary N) is 1. The molecule has 0 saturated heterocycles. The second-order valence-corrected chi connectivity index (χ2v) is 6.30. The Morgan fingerprint density at radius 2 is 2.08 bits per heavy atom. The molecule has 0 unspecified atom stereocenters. The van der Waals surface area contributed by atoms with Gasteiger partial charge in [-0.2, -0.15) is 18.3 Å². The maximum atomic E-state index is 12.9. The molecule has 10 heteroatoms. The van der Waals surface area contributed by atoms with Gasteiger partial charge in [0.15, 0.2) is 4.96 Å². The van der Waals surface area contributed by atoms with E-state index in [2.05, 4.69) is 25.5 Å². The number of rotatable bonds is 4. The predicted octanol–water partition coefficient (Wildman–Crippen LogP) is 3.88. The largest absolute Gasteiger partial charge is 0.416 e. The molecule has 132 valence electrons. The average molecular weight is 376 g/mol. The molecule has 0 atom stereocenters. The van der Waals surface area contributed by atoms with Gasteiger partial charge in [-0.25, -0.2) is 9.97 Å². The van der Waals surface area contributed by atoms with E-state index in [1.807, 2.05) is 22.2 Å². The van der Waals surface area contributed by atoms with E-state index in [4.69, 9.17) is 0 Å². The molecule has 0 spiro atoms. The summed E-state index contributed by atoms with van der Waals surface area (Å²) in [5, 5.41) is 12.6. The highest BCUT2D eigenvalue weighted by Gasteiger charge is 2.30. The van der Waals surface area contributed by atoms with E-state index in [1.165, 1.54) is 23.6 Å². The number of nitrogens with zero attached hydrogens (tertiary/aromatic N) is 5. The van der Waals surface area contributed by atoms with Crippen LogP contribution in [-0.2, 0) is 12.7 Å². The minimum Gasteiger partial charge on any atom is -0.347 e. The van der Waals surface area contributed by atoms with Crippen molar-refractivity contribution in [2.24, 2.45) is 0 Å². The van der Waals surface area contributed by atoms with Crippen LogP contribution in [0.3, 0.4) is 0 Å². The van der Waals surface area contributed by atoms with Gasteiger partial charge in [0.2, 0.25) is 5.95 Å². The first kappa shape index (κ1) is 16.5. The minimum absolute atomic E-state index is 0.219. The second kappa shape index (κ2) is 6.37. The van der Waals surface area contributed by atoms with E-state index in [-0.39, 0.29) is 5.95 Å². The Labute approximate surface area is 149 Å². The third kappa shape index (κ3) is 3.36. The fourth-order valence-corrected chi connectivity index (χ4v) is 3.12. The van der Waals surface area contributed by atoms with Crippen molar-refractivity contribution in [1.29, 1.82) is 0 Å². The van der Waals surface area contributed by atoms with Crippen molar-refractivity contribution in [2.75, 3.05) is 5.32 Å². The van der Waals surface area contributed by atoms with Gasteiger partial charge in [0, 0.05) is 23.3 Å². The Hall–Kier alpha value is -3.01. The topological polar surface area (TPSA) is 68.0 Å². The lowest BCUT2D eigenvalue weighted by Gasteiger charge is -2.09. The molecule has 0 radical (unpaired) electrons. The van der Waals surface area contributed by atoms with E-state index in [0.717, 1.165) is 22.8 Å². The Morgan fingerprint density at radius 1 is 1.19 bits per heavy atom. The molecule has 0 amide bonds. The van der Waals surface area contributed by atoms with E-state index in [0.29, 0.717) is 17.8 Å². The van der Waals surface area contributed by atoms with Crippen molar-refractivity contribution in [3.05, 3.63) is 59.5 Å². The Bertz CT molecular complexity index is 1030. The first-order valence-corrected chi connectivity index (χ1v) is 8.39. The van der Waals surface area contributed by atoms with Crippen LogP contribution in [0.5, 0.6) is 0 Å². The van der Waals surface area contributed by atoms with Crippen molar-refractivity contribution in [2.45, 2.75) is 12.7 Å². The average Bonchev–Trinajstić information content (AvgIpc) is 3.21. The molecule has 1 aromatic carbocycles. The van der Waals surface area contributed by atoms with E-state index >= 15 is 0 Å². The fraction of sp³-hybridized carbons (Fsp3) is 0.125. The number of hydrogen-bond acceptors (Lipinski definition) is 6. The van der Waals surface area contributed by atoms with Gasteiger partial charge >= 0.3 is 6.18 Å². The summed E-state index contributed by atoms with van der Waals surface area (Å²) in [6.07, 6.45) is 0.699. The van der Waals surface area contributed by atoms with Crippen molar-refractivity contribution >= 4 is 22.2 Å². The summed E-state index contributed by atoms with van der Waals surface area (Å²) in [6, 6.07) is 4.94. The molecular weight excluding hydrogens is 365 g/mol. The van der Waals surface area contributed by atoms with Crippen molar-refractivity contribution in [3.8, 4) is 11.3 Å². The van der Waals surface area contributed by atoms with Crippen LogP contribution < -0.4 is 5.32 Å². The van der Waals surface area contributed by atoms with Gasteiger partial charge in [-0.15, -0.1) is 16.4 Å². The van der Waals surface area contributed by atoms with Crippen LogP contribution >= 0.6 is 11.3 Å². The number of alkyl halides is 3. The highest BCUT2D eigenvalue weighted by molar-refractivity contribution is 7.15. The maximum absolute atomic E-state index is 12.9. The van der Waals surface area contributed by atoms with E-state index < -0.39 is 11.7 Å². The van der Waals surface area contributed by atoms with Gasteiger partial charge < -0.3 is 5.32 Å². The first-order chi connectivity index (χ1) is 12.5. The van der Waals surface area contributed by atoms with Crippen LogP contribution in [0, 0.1) is 0 Å². The van der Waals surface area contributed by atoms with Gasteiger partial charge in [-0.1, -0.05) is 12.1 Å². The smallest absolute Gasteiger partial charge is 0.347 e. The lowest BCUT2D eigenvalue weighted by Crippen LogP contribution is -2.06. The van der Waals surface area contributed by atoms with Crippen LogP contribution in [0.4, 0.5) is 19.1 Å². The molecule has 4 aromatic rings. The Kier molecular flexibility index (Phi) is 4.03. The van der Waals surface area contributed by atoms with E-state index in [1.54, 1.807) is 6.07 Å². The van der Waals surface area contributed by atoms with Gasteiger partial charge in [0.1, 0.15) is 0 Å². The second-order valence-electron chi connectivity index (χ2n) is 5.42. The quantitative estimate of drug-likeness (QED) is 0.585. The van der Waals surface area contributed by atoms with Crippen molar-refractivity contribution in [1.82, 2.24) is 24.6 Å². The van der Waals surface area contributed by atoms with Gasteiger partial charge in [-0.05, 0) is 12.1 Å². The molecule has 0 aliphatic carbocycles. The molecule has 0 aliphatic heterocycles. The zero-order valence-electron chi connectivity index (χ0n) is 13.1. The van der Waals surface area contributed by atoms with Crippen LogP contribution in [0.15, 0.2) is 48.2 Å². The maximum Gasteiger partial charge on any atom is 0.416 e. The third-order valence-corrected chi connectivity index (χ3v) is 4.39. The lowest BCUT2D eigenvalue weighted by molar-refractivity contribution is -0.137. The number of halogens is 3. The van der Waals surface area contributed by atoms with E-state index in [9.17, 15) is 13.2 Å². The molecule has 0 fully saturated rings. The van der Waals surface area contributed by atoms with Crippen molar-refractivity contribution < 1.29 is 13.2 Å². The monoisotopic (exact) mass is 376 g/mol. The summed E-state index contributed by atoms with van der Waals surface area (Å²) < 4.78 is 40.5. The van der Waals surface area contributed by atoms with Gasteiger partial charge in [-0.3, -0.25) is 4.40 Å². The molecule has 3 heterocycles. The molecular formula is C16H11F3N6S. The van der Waals surface area contributed by atoms with Crippen LogP contribution in [0.25, 0.3) is 16.2 Å². The highest BCUT2D eigenvalue weighted by Crippen LogP contribution is 2.31. The van der Waals surface area contributed by atoms with Crippen LogP contribution in [0.1, 0.15) is 11.3 Å². The highest BCUT2D eigenvalue weighted by atomic mass is 32.1. The number of fused-ring (bicyclic) bond motifs is 1. The number of aromatic nitrogens is 5. The van der Waals surface area contributed by atoms with Crippen LogP contribution in [-0.4, -0.2) is 24.6 Å². The summed E-state index contributed by atoms with van der Waals surface area (Å²) in [7, 11) is 0. The van der Waals surface area contributed by atoms with Crippen molar-refractivity contribution in [3.63, 3.8) is 0 Å². The summed E-state index contributed by atoms with van der Waals surface area (Å²) in [4.78, 5) is 9.54. The number of thiazole rings is 1. The van der Waals surface area contributed by atoms with Crippen LogP contribution in [0.2, 0.25) is 0 Å².